The highest BCUT2D eigenvalue weighted by Crippen LogP contribution is 2.30. The van der Waals surface area contributed by atoms with Crippen LogP contribution >= 0.6 is 15.9 Å². The number of hydrogen-bond donors (Lipinski definition) is 0. The summed E-state index contributed by atoms with van der Waals surface area (Å²) in [7, 11) is 0. The van der Waals surface area contributed by atoms with Crippen LogP contribution in [-0.4, -0.2) is 15.3 Å². The Kier molecular flexibility index (Phi) is 3.17. The molecular formula is C14H11BrN2O3. The Morgan fingerprint density at radius 2 is 2.05 bits per heavy atom. The number of rotatable bonds is 2. The summed E-state index contributed by atoms with van der Waals surface area (Å²) < 4.78 is 2.31. The number of nitrogens with zero attached hydrogens (tertiary/aromatic N) is 2. The van der Waals surface area contributed by atoms with E-state index in [0.717, 1.165) is 24.1 Å². The monoisotopic (exact) mass is 334 g/mol. The lowest BCUT2D eigenvalue weighted by molar-refractivity contribution is -0.385. The second-order valence-corrected chi connectivity index (χ2v) is 5.57. The Bertz CT molecular complexity index is 721. The second-order valence-electron chi connectivity index (χ2n) is 4.72. The van der Waals surface area contributed by atoms with E-state index >= 15 is 0 Å². The van der Waals surface area contributed by atoms with Gasteiger partial charge in [0.2, 0.25) is 0 Å². The maximum absolute atomic E-state index is 11.8. The van der Waals surface area contributed by atoms with E-state index < -0.39 is 4.92 Å². The third-order valence-corrected chi connectivity index (χ3v) is 4.18. The summed E-state index contributed by atoms with van der Waals surface area (Å²) in [5.74, 6) is 0.150. The normalized spacial score (nSPS) is 14.2. The van der Waals surface area contributed by atoms with Crippen LogP contribution < -0.4 is 0 Å². The van der Waals surface area contributed by atoms with Gasteiger partial charge in [-0.1, -0.05) is 0 Å². The number of carbonyl (C=O) groups excluding carboxylic acids is 1. The lowest BCUT2D eigenvalue weighted by Crippen LogP contribution is -2.12. The summed E-state index contributed by atoms with van der Waals surface area (Å²) in [4.78, 5) is 22.4. The summed E-state index contributed by atoms with van der Waals surface area (Å²) in [5.41, 5.74) is 2.41. The van der Waals surface area contributed by atoms with Gasteiger partial charge in [0.15, 0.2) is 5.78 Å². The highest BCUT2D eigenvalue weighted by Gasteiger charge is 2.22. The molecule has 102 valence electrons. The number of carbonyl (C=O) groups is 1. The first-order valence-corrected chi connectivity index (χ1v) is 7.05. The molecule has 0 spiro atoms. The molecule has 0 saturated heterocycles. The van der Waals surface area contributed by atoms with E-state index in [1.54, 1.807) is 24.4 Å². The molecule has 1 aliphatic rings. The molecule has 0 amide bonds. The van der Waals surface area contributed by atoms with Gasteiger partial charge in [-0.05, 0) is 47.0 Å². The fourth-order valence-corrected chi connectivity index (χ4v) is 2.95. The maximum atomic E-state index is 11.8. The first-order valence-electron chi connectivity index (χ1n) is 6.25. The average Bonchev–Trinajstić information content (AvgIpc) is 2.84. The molecule has 6 heteroatoms. The first-order chi connectivity index (χ1) is 9.58. The molecule has 0 saturated carbocycles. The summed E-state index contributed by atoms with van der Waals surface area (Å²) in [6.07, 6.45) is 4.03. The van der Waals surface area contributed by atoms with Crippen LogP contribution in [0.1, 0.15) is 28.9 Å². The van der Waals surface area contributed by atoms with Crippen molar-refractivity contribution in [1.29, 1.82) is 0 Å². The molecule has 1 aliphatic carbocycles. The quantitative estimate of drug-likeness (QED) is 0.621. The molecule has 1 aromatic heterocycles. The van der Waals surface area contributed by atoms with E-state index in [2.05, 4.69) is 15.9 Å². The Morgan fingerprint density at radius 1 is 1.25 bits per heavy atom. The molecule has 0 fully saturated rings. The van der Waals surface area contributed by atoms with Crippen LogP contribution in [0.2, 0.25) is 0 Å². The van der Waals surface area contributed by atoms with Crippen molar-refractivity contribution in [3.8, 4) is 5.69 Å². The number of nitro benzene ring substituents is 1. The van der Waals surface area contributed by atoms with Crippen molar-refractivity contribution in [2.45, 2.75) is 19.3 Å². The zero-order valence-electron chi connectivity index (χ0n) is 10.5. The molecule has 0 bridgehead atoms. The van der Waals surface area contributed by atoms with Crippen molar-refractivity contribution in [3.63, 3.8) is 0 Å². The third kappa shape index (κ3) is 2.06. The van der Waals surface area contributed by atoms with Gasteiger partial charge in [-0.3, -0.25) is 14.9 Å². The second kappa shape index (κ2) is 4.86. The molecule has 3 rings (SSSR count). The van der Waals surface area contributed by atoms with Crippen molar-refractivity contribution < 1.29 is 9.72 Å². The Hall–Kier alpha value is -1.95. The molecule has 20 heavy (non-hydrogen) atoms. The van der Waals surface area contributed by atoms with Gasteiger partial charge in [0.05, 0.1) is 15.1 Å². The van der Waals surface area contributed by atoms with Gasteiger partial charge >= 0.3 is 0 Å². The fraction of sp³-hybridized carbons (Fsp3) is 0.214. The van der Waals surface area contributed by atoms with Crippen molar-refractivity contribution in [2.24, 2.45) is 0 Å². The number of nitro groups is 1. The zero-order valence-corrected chi connectivity index (χ0v) is 12.1. The topological polar surface area (TPSA) is 65.1 Å². The third-order valence-electron chi connectivity index (χ3n) is 3.51. The Morgan fingerprint density at radius 3 is 2.80 bits per heavy atom. The van der Waals surface area contributed by atoms with Gasteiger partial charge in [-0.2, -0.15) is 0 Å². The number of benzene rings is 1. The van der Waals surface area contributed by atoms with Crippen LogP contribution in [-0.2, 0) is 6.42 Å². The minimum Gasteiger partial charge on any atom is -0.320 e. The number of ketones is 1. The Labute approximate surface area is 123 Å². The molecule has 0 radical (unpaired) electrons. The van der Waals surface area contributed by atoms with E-state index in [9.17, 15) is 14.9 Å². The SMILES string of the molecule is O=C1CCCc2c1ccn2-c1ccc(Br)c([N+](=O)[O-])c1. The summed E-state index contributed by atoms with van der Waals surface area (Å²) in [6, 6.07) is 6.77. The summed E-state index contributed by atoms with van der Waals surface area (Å²) in [6.45, 7) is 0. The van der Waals surface area contributed by atoms with Crippen LogP contribution in [0.25, 0.3) is 5.69 Å². The van der Waals surface area contributed by atoms with Crippen LogP contribution in [0.4, 0.5) is 5.69 Å². The average molecular weight is 335 g/mol. The van der Waals surface area contributed by atoms with Crippen molar-refractivity contribution in [2.75, 3.05) is 0 Å². The van der Waals surface area contributed by atoms with Crippen molar-refractivity contribution in [3.05, 3.63) is 56.3 Å². The predicted molar refractivity (Wildman–Crippen MR) is 77.4 cm³/mol. The van der Waals surface area contributed by atoms with Gasteiger partial charge < -0.3 is 4.57 Å². The van der Waals surface area contributed by atoms with Gasteiger partial charge in [-0.15, -0.1) is 0 Å². The molecule has 0 N–H and O–H groups in total. The molecular weight excluding hydrogens is 324 g/mol. The molecule has 0 aliphatic heterocycles. The first kappa shape index (κ1) is 13.1. The standard InChI is InChI=1S/C14H11BrN2O3/c15-11-5-4-9(8-13(11)17(19)20)16-7-6-10-12(16)2-1-3-14(10)18/h4-8H,1-3H2. The Balaban J connectivity index is 2.13. The smallest absolute Gasteiger partial charge is 0.285 e. The maximum Gasteiger partial charge on any atom is 0.285 e. The van der Waals surface area contributed by atoms with Gasteiger partial charge in [-0.25, -0.2) is 0 Å². The number of halogens is 1. The minimum atomic E-state index is -0.422. The van der Waals surface area contributed by atoms with Crippen LogP contribution in [0.3, 0.4) is 0 Å². The number of aromatic nitrogens is 1. The minimum absolute atomic E-state index is 0.0204. The number of fused-ring (bicyclic) bond motifs is 1. The van der Waals surface area contributed by atoms with E-state index in [1.807, 2.05) is 4.57 Å². The van der Waals surface area contributed by atoms with E-state index in [-0.39, 0.29) is 11.5 Å². The molecule has 1 heterocycles. The predicted octanol–water partition coefficient (Wildman–Crippen LogP) is 3.67. The van der Waals surface area contributed by atoms with Gasteiger partial charge in [0.25, 0.3) is 5.69 Å². The van der Waals surface area contributed by atoms with E-state index in [4.69, 9.17) is 0 Å². The number of Topliss-reactive ketones (excluding diaryl/α,β-unsaturated/α-hetero) is 1. The molecule has 2 aromatic rings. The molecule has 1 aromatic carbocycles. The lowest BCUT2D eigenvalue weighted by atomic mass is 9.97. The van der Waals surface area contributed by atoms with Gasteiger partial charge in [0.1, 0.15) is 0 Å². The van der Waals surface area contributed by atoms with Crippen LogP contribution in [0, 0.1) is 10.1 Å². The molecule has 0 unspecified atom stereocenters. The van der Waals surface area contributed by atoms with Crippen LogP contribution in [0.5, 0.6) is 0 Å². The fourth-order valence-electron chi connectivity index (χ4n) is 2.56. The molecule has 5 nitrogen and oxygen atoms in total. The molecule has 0 atom stereocenters. The van der Waals surface area contributed by atoms with Gasteiger partial charge in [0, 0.05) is 29.9 Å². The summed E-state index contributed by atoms with van der Waals surface area (Å²) >= 11 is 3.17. The highest BCUT2D eigenvalue weighted by atomic mass is 79.9. The summed E-state index contributed by atoms with van der Waals surface area (Å²) in [5, 5.41) is 11.0. The van der Waals surface area contributed by atoms with Crippen molar-refractivity contribution >= 4 is 27.4 Å². The number of hydrogen-bond acceptors (Lipinski definition) is 3. The zero-order chi connectivity index (χ0) is 14.3. The largest absolute Gasteiger partial charge is 0.320 e. The van der Waals surface area contributed by atoms with E-state index in [0.29, 0.717) is 16.6 Å². The van der Waals surface area contributed by atoms with E-state index in [1.165, 1.54) is 6.07 Å². The van der Waals surface area contributed by atoms with Crippen LogP contribution in [0.15, 0.2) is 34.9 Å². The lowest BCUT2D eigenvalue weighted by Gasteiger charge is -2.15. The van der Waals surface area contributed by atoms with Crippen molar-refractivity contribution in [1.82, 2.24) is 4.57 Å². The highest BCUT2D eigenvalue weighted by molar-refractivity contribution is 9.10.